The van der Waals surface area contributed by atoms with Crippen LogP contribution in [0.1, 0.15) is 49.9 Å². The summed E-state index contributed by atoms with van der Waals surface area (Å²) in [5.74, 6) is 0. The van der Waals surface area contributed by atoms with E-state index in [1.165, 1.54) is 93.9 Å². The van der Waals surface area contributed by atoms with Gasteiger partial charge < -0.3 is 9.80 Å². The van der Waals surface area contributed by atoms with Crippen molar-refractivity contribution >= 4 is 66.4 Å². The number of anilines is 6. The van der Waals surface area contributed by atoms with E-state index in [1.54, 1.807) is 0 Å². The number of hydrogen-bond acceptors (Lipinski definition) is 2. The first kappa shape index (κ1) is 36.4. The second-order valence-electron chi connectivity index (χ2n) is 18.1. The smallest absolute Gasteiger partial charge is 0.0618 e. The molecule has 2 nitrogen and oxygen atoms in total. The number of nitrogens with zero attached hydrogens (tertiary/aromatic N) is 2. The van der Waals surface area contributed by atoms with Crippen LogP contribution in [-0.4, -0.2) is 0 Å². The van der Waals surface area contributed by atoms with Gasteiger partial charge in [-0.15, -0.1) is 0 Å². The third-order valence-corrected chi connectivity index (χ3v) is 14.0. The summed E-state index contributed by atoms with van der Waals surface area (Å²) in [6, 6.07) is 76.8. The molecule has 2 aliphatic rings. The molecule has 0 bridgehead atoms. The maximum absolute atomic E-state index is 2.59. The summed E-state index contributed by atoms with van der Waals surface area (Å²) in [7, 11) is 0. The largest absolute Gasteiger partial charge is 0.310 e. The van der Waals surface area contributed by atoms with Gasteiger partial charge in [0.05, 0.1) is 17.1 Å². The standard InChI is InChI=1S/C60H46N2/c1-59(2)52-27-15-14-26-48(52)49-34-31-42(37-55(49)59)61(41-20-6-5-7-21-41)43-32-35-54-57(38-43)62(56-29-17-16-28-53(56)60(54,3)4)58-45-23-11-8-18-39(45)30-33-50(58)51-36-40-19-9-10-22-44(40)46-24-12-13-25-47(46)51/h5-38H,1-4H3. The SMILES string of the molecule is CC1(C)c2ccccc2-c2ccc(N(c3ccccc3)c3ccc4c(c3)N(c3c(-c5cc6ccccc6c6ccccc56)ccc5ccccc35)c3ccccc3C4(C)C)cc21. The molecule has 10 aromatic carbocycles. The van der Waals surface area contributed by atoms with Gasteiger partial charge in [0.25, 0.3) is 0 Å². The lowest BCUT2D eigenvalue weighted by atomic mass is 9.73. The van der Waals surface area contributed by atoms with Crippen LogP contribution in [-0.2, 0) is 10.8 Å². The molecule has 1 aliphatic carbocycles. The zero-order valence-electron chi connectivity index (χ0n) is 35.5. The molecule has 1 heterocycles. The van der Waals surface area contributed by atoms with E-state index >= 15 is 0 Å². The zero-order valence-corrected chi connectivity index (χ0v) is 35.5. The molecule has 0 radical (unpaired) electrons. The second kappa shape index (κ2) is 13.5. The quantitative estimate of drug-likeness (QED) is 0.160. The number of benzene rings is 10. The number of rotatable bonds is 5. The summed E-state index contributed by atoms with van der Waals surface area (Å²) in [6.07, 6.45) is 0. The monoisotopic (exact) mass is 794 g/mol. The lowest BCUT2D eigenvalue weighted by molar-refractivity contribution is 0.632. The molecule has 0 amide bonds. The first-order valence-corrected chi connectivity index (χ1v) is 21.9. The normalized spacial score (nSPS) is 14.4. The van der Waals surface area contributed by atoms with Crippen LogP contribution in [0.4, 0.5) is 34.1 Å². The molecule has 2 heteroatoms. The van der Waals surface area contributed by atoms with Gasteiger partial charge >= 0.3 is 0 Å². The Labute approximate surface area is 364 Å². The van der Waals surface area contributed by atoms with E-state index in [1.807, 2.05) is 0 Å². The third kappa shape index (κ3) is 5.29. The van der Waals surface area contributed by atoms with Crippen molar-refractivity contribution in [3.8, 4) is 22.3 Å². The molecule has 0 atom stereocenters. The van der Waals surface area contributed by atoms with Crippen molar-refractivity contribution in [2.24, 2.45) is 0 Å². The van der Waals surface area contributed by atoms with Crippen LogP contribution < -0.4 is 9.80 Å². The van der Waals surface area contributed by atoms with Gasteiger partial charge in [-0.05, 0) is 114 Å². The summed E-state index contributed by atoms with van der Waals surface area (Å²) in [6.45, 7) is 9.51. The second-order valence-corrected chi connectivity index (χ2v) is 18.1. The van der Waals surface area contributed by atoms with Crippen LogP contribution >= 0.6 is 0 Å². The minimum atomic E-state index is -0.262. The summed E-state index contributed by atoms with van der Waals surface area (Å²) in [4.78, 5) is 5.04. The molecule has 1 aliphatic heterocycles. The summed E-state index contributed by atoms with van der Waals surface area (Å²) >= 11 is 0. The Hall–Kier alpha value is -7.42. The molecule has 12 rings (SSSR count). The summed E-state index contributed by atoms with van der Waals surface area (Å²) in [5.41, 5.74) is 17.0. The van der Waals surface area contributed by atoms with Gasteiger partial charge in [0.1, 0.15) is 0 Å². The van der Waals surface area contributed by atoms with Crippen molar-refractivity contribution in [3.63, 3.8) is 0 Å². The Morgan fingerprint density at radius 3 is 1.71 bits per heavy atom. The van der Waals surface area contributed by atoms with Crippen molar-refractivity contribution in [2.45, 2.75) is 38.5 Å². The van der Waals surface area contributed by atoms with Gasteiger partial charge in [0.15, 0.2) is 0 Å². The molecule has 10 aromatic rings. The Bertz CT molecular complexity index is 3430. The minimum absolute atomic E-state index is 0.123. The molecule has 0 unspecified atom stereocenters. The van der Waals surface area contributed by atoms with Crippen LogP contribution in [0.5, 0.6) is 0 Å². The molecule has 0 fully saturated rings. The average Bonchev–Trinajstić information content (AvgIpc) is 3.54. The van der Waals surface area contributed by atoms with Crippen molar-refractivity contribution in [1.29, 1.82) is 0 Å². The van der Waals surface area contributed by atoms with Gasteiger partial charge in [0, 0.05) is 38.8 Å². The van der Waals surface area contributed by atoms with Gasteiger partial charge in [-0.3, -0.25) is 0 Å². The molecular weight excluding hydrogens is 749 g/mol. The predicted molar refractivity (Wildman–Crippen MR) is 263 cm³/mol. The van der Waals surface area contributed by atoms with Gasteiger partial charge in [-0.2, -0.15) is 0 Å². The first-order chi connectivity index (χ1) is 30.3. The van der Waals surface area contributed by atoms with E-state index in [0.717, 1.165) is 17.1 Å². The van der Waals surface area contributed by atoms with Crippen molar-refractivity contribution < 1.29 is 0 Å². The van der Waals surface area contributed by atoms with E-state index in [4.69, 9.17) is 0 Å². The van der Waals surface area contributed by atoms with E-state index in [-0.39, 0.29) is 10.8 Å². The van der Waals surface area contributed by atoms with E-state index in [0.29, 0.717) is 0 Å². The van der Waals surface area contributed by atoms with Crippen LogP contribution in [0, 0.1) is 0 Å². The maximum Gasteiger partial charge on any atom is 0.0618 e. The Morgan fingerprint density at radius 2 is 0.887 bits per heavy atom. The molecule has 0 aromatic heterocycles. The van der Waals surface area contributed by atoms with Crippen LogP contribution in [0.25, 0.3) is 54.6 Å². The Kier molecular flexibility index (Phi) is 7.96. The summed E-state index contributed by atoms with van der Waals surface area (Å²) in [5, 5.41) is 7.45. The van der Waals surface area contributed by atoms with Crippen LogP contribution in [0.2, 0.25) is 0 Å². The maximum atomic E-state index is 2.59. The average molecular weight is 795 g/mol. The minimum Gasteiger partial charge on any atom is -0.310 e. The van der Waals surface area contributed by atoms with E-state index < -0.39 is 0 Å². The fourth-order valence-electron chi connectivity index (χ4n) is 10.9. The molecule has 0 saturated carbocycles. The molecule has 62 heavy (non-hydrogen) atoms. The molecule has 0 spiro atoms. The van der Waals surface area contributed by atoms with Crippen LogP contribution in [0.15, 0.2) is 206 Å². The topological polar surface area (TPSA) is 6.48 Å². The number of para-hydroxylation sites is 2. The van der Waals surface area contributed by atoms with Crippen LogP contribution in [0.3, 0.4) is 0 Å². The van der Waals surface area contributed by atoms with Gasteiger partial charge in [0.2, 0.25) is 0 Å². The molecule has 0 saturated heterocycles. The molecular formula is C60H46N2. The van der Waals surface area contributed by atoms with Gasteiger partial charge in [-0.25, -0.2) is 0 Å². The highest BCUT2D eigenvalue weighted by atomic mass is 15.2. The molecule has 296 valence electrons. The fourth-order valence-corrected chi connectivity index (χ4v) is 10.9. The summed E-state index contributed by atoms with van der Waals surface area (Å²) < 4.78 is 0. The lowest BCUT2D eigenvalue weighted by Gasteiger charge is -2.43. The predicted octanol–water partition coefficient (Wildman–Crippen LogP) is 16.7. The number of hydrogen-bond donors (Lipinski definition) is 0. The fraction of sp³-hybridized carbons (Fsp3) is 0.100. The van der Waals surface area contributed by atoms with E-state index in [2.05, 4.69) is 244 Å². The third-order valence-electron chi connectivity index (χ3n) is 14.0. The van der Waals surface area contributed by atoms with E-state index in [9.17, 15) is 0 Å². The highest BCUT2D eigenvalue weighted by molar-refractivity contribution is 6.17. The van der Waals surface area contributed by atoms with Crippen molar-refractivity contribution in [3.05, 3.63) is 229 Å². The molecule has 0 N–H and O–H groups in total. The first-order valence-electron chi connectivity index (χ1n) is 21.9. The zero-order chi connectivity index (χ0) is 41.7. The Morgan fingerprint density at radius 1 is 0.323 bits per heavy atom. The highest BCUT2D eigenvalue weighted by Gasteiger charge is 2.39. The van der Waals surface area contributed by atoms with Gasteiger partial charge in [-0.1, -0.05) is 185 Å². The number of fused-ring (bicyclic) bond motifs is 9. The van der Waals surface area contributed by atoms with Crippen molar-refractivity contribution in [2.75, 3.05) is 9.80 Å². The Balaban J connectivity index is 1.14. The highest BCUT2D eigenvalue weighted by Crippen LogP contribution is 2.57. The lowest BCUT2D eigenvalue weighted by Crippen LogP contribution is -2.31. The van der Waals surface area contributed by atoms with Crippen molar-refractivity contribution in [1.82, 2.24) is 0 Å².